The predicted molar refractivity (Wildman–Crippen MR) is 46.0 cm³/mol. The van der Waals surface area contributed by atoms with Crippen LogP contribution in [0.1, 0.15) is 6.92 Å². The average molecular weight is 156 g/mol. The molecule has 3 nitrogen and oxygen atoms in total. The fourth-order valence-corrected chi connectivity index (χ4v) is 0.713. The van der Waals surface area contributed by atoms with E-state index in [-0.39, 0.29) is 0 Å². The summed E-state index contributed by atoms with van der Waals surface area (Å²) < 4.78 is 0. The maximum atomic E-state index is 9.11. The van der Waals surface area contributed by atoms with Crippen molar-refractivity contribution < 1.29 is 5.11 Å². The minimum absolute atomic E-state index is 0.309. The maximum absolute atomic E-state index is 9.11. The zero-order chi connectivity index (χ0) is 8.69. The zero-order valence-corrected chi connectivity index (χ0v) is 7.17. The second-order valence-electron chi connectivity index (χ2n) is 2.51. The van der Waals surface area contributed by atoms with Gasteiger partial charge in [0.25, 0.3) is 0 Å². The van der Waals surface area contributed by atoms with Crippen molar-refractivity contribution >= 4 is 0 Å². The Labute approximate surface area is 68.2 Å². The van der Waals surface area contributed by atoms with Crippen LogP contribution >= 0.6 is 0 Å². The third-order valence-corrected chi connectivity index (χ3v) is 1.32. The lowest BCUT2D eigenvalue weighted by molar-refractivity contribution is 0.139. The molecule has 0 aliphatic heterocycles. The molecule has 0 heterocycles. The summed E-state index contributed by atoms with van der Waals surface area (Å²) in [5, 5.41) is 9.11. The molecule has 0 fully saturated rings. The summed E-state index contributed by atoms with van der Waals surface area (Å²) in [6.07, 6.45) is -0.432. The first-order valence-electron chi connectivity index (χ1n) is 3.67. The van der Waals surface area contributed by atoms with Crippen LogP contribution in [0.3, 0.4) is 0 Å². The first-order valence-corrected chi connectivity index (χ1v) is 3.67. The Balaban J connectivity index is 3.48. The number of likely N-dealkylation sites (N-methyl/N-ethyl adjacent to an activating group) is 1. The molecule has 0 aliphatic rings. The van der Waals surface area contributed by atoms with E-state index in [0.717, 1.165) is 0 Å². The van der Waals surface area contributed by atoms with Gasteiger partial charge in [0.05, 0.1) is 12.6 Å². The lowest BCUT2D eigenvalue weighted by Crippen LogP contribution is -2.34. The highest BCUT2D eigenvalue weighted by Gasteiger charge is 2.03. The van der Waals surface area contributed by atoms with E-state index in [1.807, 2.05) is 11.9 Å². The SMILES string of the molecule is CC#CCN(C)CC(O)CN. The highest BCUT2D eigenvalue weighted by molar-refractivity contribution is 4.97. The molecule has 3 N–H and O–H groups in total. The van der Waals surface area contributed by atoms with Crippen LogP contribution in [-0.4, -0.2) is 42.8 Å². The van der Waals surface area contributed by atoms with E-state index < -0.39 is 6.10 Å². The second-order valence-corrected chi connectivity index (χ2v) is 2.51. The fourth-order valence-electron chi connectivity index (χ4n) is 0.713. The summed E-state index contributed by atoms with van der Waals surface area (Å²) >= 11 is 0. The first-order chi connectivity index (χ1) is 5.20. The van der Waals surface area contributed by atoms with E-state index in [9.17, 15) is 0 Å². The summed E-state index contributed by atoms with van der Waals surface area (Å²) in [4.78, 5) is 1.94. The highest BCUT2D eigenvalue weighted by Crippen LogP contribution is 1.85. The smallest absolute Gasteiger partial charge is 0.0789 e. The van der Waals surface area contributed by atoms with Crippen LogP contribution < -0.4 is 5.73 Å². The van der Waals surface area contributed by atoms with Gasteiger partial charge in [-0.3, -0.25) is 4.90 Å². The minimum atomic E-state index is -0.432. The minimum Gasteiger partial charge on any atom is -0.390 e. The van der Waals surface area contributed by atoms with Gasteiger partial charge in [0, 0.05) is 13.1 Å². The number of hydrogen-bond acceptors (Lipinski definition) is 3. The molecular formula is C8H16N2O. The summed E-state index contributed by atoms with van der Waals surface area (Å²) in [6.45, 7) is 3.38. The Kier molecular flexibility index (Phi) is 5.86. The van der Waals surface area contributed by atoms with E-state index in [1.54, 1.807) is 6.92 Å². The summed E-state index contributed by atoms with van der Waals surface area (Å²) in [5.74, 6) is 5.69. The molecule has 0 radical (unpaired) electrons. The standard InChI is InChI=1S/C8H16N2O/c1-3-4-5-10(2)7-8(11)6-9/h8,11H,5-7,9H2,1-2H3. The summed E-state index contributed by atoms with van der Waals surface area (Å²) in [7, 11) is 1.91. The third-order valence-electron chi connectivity index (χ3n) is 1.32. The number of aliphatic hydroxyl groups is 1. The van der Waals surface area contributed by atoms with Crippen molar-refractivity contribution in [3.05, 3.63) is 0 Å². The zero-order valence-electron chi connectivity index (χ0n) is 7.17. The average Bonchev–Trinajstić information content (AvgIpc) is 2.00. The van der Waals surface area contributed by atoms with Crippen molar-refractivity contribution in [1.29, 1.82) is 0 Å². The van der Waals surface area contributed by atoms with E-state index in [4.69, 9.17) is 10.8 Å². The van der Waals surface area contributed by atoms with Gasteiger partial charge in [-0.25, -0.2) is 0 Å². The molecule has 64 valence electrons. The van der Waals surface area contributed by atoms with E-state index in [2.05, 4.69) is 11.8 Å². The van der Waals surface area contributed by atoms with Crippen LogP contribution in [-0.2, 0) is 0 Å². The van der Waals surface area contributed by atoms with Gasteiger partial charge in [0.15, 0.2) is 0 Å². The van der Waals surface area contributed by atoms with Crippen LogP contribution in [0.25, 0.3) is 0 Å². The summed E-state index contributed by atoms with van der Waals surface area (Å²) in [5.41, 5.74) is 5.24. The fraction of sp³-hybridized carbons (Fsp3) is 0.750. The lowest BCUT2D eigenvalue weighted by atomic mass is 10.3. The molecule has 0 aliphatic carbocycles. The molecule has 0 amide bonds. The molecule has 0 saturated carbocycles. The van der Waals surface area contributed by atoms with Gasteiger partial charge in [-0.15, -0.1) is 5.92 Å². The second kappa shape index (κ2) is 6.17. The largest absolute Gasteiger partial charge is 0.390 e. The normalized spacial score (nSPS) is 12.5. The third kappa shape index (κ3) is 5.86. The molecule has 0 bridgehead atoms. The molecule has 0 rings (SSSR count). The first kappa shape index (κ1) is 10.4. The Hall–Kier alpha value is -0.560. The van der Waals surface area contributed by atoms with Crippen LogP contribution in [0.5, 0.6) is 0 Å². The van der Waals surface area contributed by atoms with Gasteiger partial charge in [-0.05, 0) is 14.0 Å². The van der Waals surface area contributed by atoms with Crippen LogP contribution in [0.2, 0.25) is 0 Å². The van der Waals surface area contributed by atoms with Gasteiger partial charge in [0.2, 0.25) is 0 Å². The van der Waals surface area contributed by atoms with Crippen molar-refractivity contribution in [3.63, 3.8) is 0 Å². The highest BCUT2D eigenvalue weighted by atomic mass is 16.3. The van der Waals surface area contributed by atoms with Crippen molar-refractivity contribution in [2.45, 2.75) is 13.0 Å². The van der Waals surface area contributed by atoms with E-state index >= 15 is 0 Å². The molecule has 0 aromatic carbocycles. The Morgan fingerprint density at radius 3 is 2.73 bits per heavy atom. The summed E-state index contributed by atoms with van der Waals surface area (Å²) in [6, 6.07) is 0. The molecular weight excluding hydrogens is 140 g/mol. The van der Waals surface area contributed by atoms with Gasteiger partial charge in [-0.1, -0.05) is 5.92 Å². The Morgan fingerprint density at radius 2 is 2.27 bits per heavy atom. The van der Waals surface area contributed by atoms with Gasteiger partial charge in [0.1, 0.15) is 0 Å². The van der Waals surface area contributed by atoms with Crippen molar-refractivity contribution in [2.24, 2.45) is 5.73 Å². The number of nitrogens with zero attached hydrogens (tertiary/aromatic N) is 1. The van der Waals surface area contributed by atoms with Crippen molar-refractivity contribution in [3.8, 4) is 11.8 Å². The van der Waals surface area contributed by atoms with E-state index in [0.29, 0.717) is 19.6 Å². The molecule has 0 saturated heterocycles. The monoisotopic (exact) mass is 156 g/mol. The molecule has 0 spiro atoms. The van der Waals surface area contributed by atoms with Gasteiger partial charge < -0.3 is 10.8 Å². The number of nitrogens with two attached hydrogens (primary N) is 1. The van der Waals surface area contributed by atoms with Crippen LogP contribution in [0, 0.1) is 11.8 Å². The van der Waals surface area contributed by atoms with Crippen LogP contribution in [0.15, 0.2) is 0 Å². The molecule has 11 heavy (non-hydrogen) atoms. The van der Waals surface area contributed by atoms with Crippen LogP contribution in [0.4, 0.5) is 0 Å². The van der Waals surface area contributed by atoms with Crippen molar-refractivity contribution in [2.75, 3.05) is 26.7 Å². The van der Waals surface area contributed by atoms with E-state index in [1.165, 1.54) is 0 Å². The molecule has 1 atom stereocenters. The molecule has 3 heteroatoms. The molecule has 0 aromatic rings. The quantitative estimate of drug-likeness (QED) is 0.527. The molecule has 1 unspecified atom stereocenters. The Morgan fingerprint density at radius 1 is 1.64 bits per heavy atom. The molecule has 0 aromatic heterocycles. The van der Waals surface area contributed by atoms with Gasteiger partial charge >= 0.3 is 0 Å². The maximum Gasteiger partial charge on any atom is 0.0789 e. The number of rotatable bonds is 4. The number of hydrogen-bond donors (Lipinski definition) is 2. The topological polar surface area (TPSA) is 49.5 Å². The Bertz CT molecular complexity index is 148. The van der Waals surface area contributed by atoms with Crippen molar-refractivity contribution in [1.82, 2.24) is 4.90 Å². The van der Waals surface area contributed by atoms with Gasteiger partial charge in [-0.2, -0.15) is 0 Å². The predicted octanol–water partition coefficient (Wildman–Crippen LogP) is -0.739. The lowest BCUT2D eigenvalue weighted by Gasteiger charge is -2.16. The number of aliphatic hydroxyl groups excluding tert-OH is 1.